The van der Waals surface area contributed by atoms with Gasteiger partial charge in [0.2, 0.25) is 5.79 Å². The van der Waals surface area contributed by atoms with Gasteiger partial charge in [-0.1, -0.05) is 0 Å². The van der Waals surface area contributed by atoms with Gasteiger partial charge in [0.1, 0.15) is 0 Å². The molecule has 3 rings (SSSR count). The van der Waals surface area contributed by atoms with Crippen molar-refractivity contribution < 1.29 is 0 Å². The van der Waals surface area contributed by atoms with Gasteiger partial charge < -0.3 is 0 Å². The van der Waals surface area contributed by atoms with Gasteiger partial charge in [0.05, 0.1) is 17.1 Å². The molecule has 0 aromatic carbocycles. The zero-order valence-electron chi connectivity index (χ0n) is 12.1. The Kier molecular flexibility index (Phi) is 2.74. The molecule has 6 nitrogen and oxygen atoms in total. The molecule has 0 bridgehead atoms. The molecule has 104 valence electrons. The lowest BCUT2D eigenvalue weighted by Crippen LogP contribution is -2.46. The van der Waals surface area contributed by atoms with Crippen LogP contribution in [0.3, 0.4) is 0 Å². The molecule has 3 heterocycles. The number of aryl methyl sites for hydroxylation is 3. The average molecular weight is 270 g/mol. The van der Waals surface area contributed by atoms with Crippen LogP contribution in [-0.2, 0) is 5.79 Å². The zero-order valence-corrected chi connectivity index (χ0v) is 12.1. The minimum absolute atomic E-state index is 0.642. The SMILES string of the molecule is Cc1ccn(C(C)(n2ccc(C)n2)n2ccc(C)n2)n1. The number of hydrogen-bond acceptors (Lipinski definition) is 3. The van der Waals surface area contributed by atoms with Gasteiger partial charge in [0, 0.05) is 25.5 Å². The van der Waals surface area contributed by atoms with Crippen molar-refractivity contribution >= 4 is 0 Å². The highest BCUT2D eigenvalue weighted by Gasteiger charge is 2.33. The molecule has 0 aliphatic heterocycles. The summed E-state index contributed by atoms with van der Waals surface area (Å²) in [4.78, 5) is 0. The predicted molar refractivity (Wildman–Crippen MR) is 75.3 cm³/mol. The molecule has 0 fully saturated rings. The molecule has 20 heavy (non-hydrogen) atoms. The van der Waals surface area contributed by atoms with E-state index >= 15 is 0 Å². The molecule has 0 spiro atoms. The van der Waals surface area contributed by atoms with E-state index in [0.29, 0.717) is 0 Å². The van der Waals surface area contributed by atoms with E-state index in [1.165, 1.54) is 0 Å². The number of nitrogens with zero attached hydrogens (tertiary/aromatic N) is 6. The zero-order chi connectivity index (χ0) is 14.3. The van der Waals surface area contributed by atoms with E-state index in [9.17, 15) is 0 Å². The first-order valence-corrected chi connectivity index (χ1v) is 6.58. The van der Waals surface area contributed by atoms with E-state index in [2.05, 4.69) is 15.3 Å². The Morgan fingerprint density at radius 3 is 1.20 bits per heavy atom. The highest BCUT2D eigenvalue weighted by molar-refractivity contribution is 5.05. The Morgan fingerprint density at radius 2 is 1.00 bits per heavy atom. The largest absolute Gasteiger partial charge is 0.245 e. The topological polar surface area (TPSA) is 53.5 Å². The van der Waals surface area contributed by atoms with Crippen LogP contribution >= 0.6 is 0 Å². The average Bonchev–Trinajstić information content (AvgIpc) is 3.10. The normalized spacial score (nSPS) is 12.0. The molecule has 0 N–H and O–H groups in total. The minimum Gasteiger partial charge on any atom is -0.225 e. The summed E-state index contributed by atoms with van der Waals surface area (Å²) in [6, 6.07) is 5.93. The van der Waals surface area contributed by atoms with Crippen LogP contribution in [0.4, 0.5) is 0 Å². The van der Waals surface area contributed by atoms with Crippen LogP contribution in [0.25, 0.3) is 0 Å². The smallest absolute Gasteiger partial charge is 0.225 e. The van der Waals surface area contributed by atoms with Gasteiger partial charge in [-0.2, -0.15) is 15.3 Å². The molecule has 6 heteroatoms. The minimum atomic E-state index is -0.642. The highest BCUT2D eigenvalue weighted by Crippen LogP contribution is 2.20. The maximum Gasteiger partial charge on any atom is 0.245 e. The second-order valence-corrected chi connectivity index (χ2v) is 5.18. The first kappa shape index (κ1) is 12.7. The van der Waals surface area contributed by atoms with E-state index in [0.717, 1.165) is 17.1 Å². The van der Waals surface area contributed by atoms with Crippen LogP contribution in [0.15, 0.2) is 36.8 Å². The monoisotopic (exact) mass is 270 g/mol. The summed E-state index contributed by atoms with van der Waals surface area (Å²) in [6.07, 6.45) is 5.84. The quantitative estimate of drug-likeness (QED) is 0.730. The fourth-order valence-electron chi connectivity index (χ4n) is 2.27. The molecule has 0 amide bonds. The van der Waals surface area contributed by atoms with Crippen LogP contribution in [0.5, 0.6) is 0 Å². The molecule has 0 radical (unpaired) electrons. The Balaban J connectivity index is 2.22. The third-order valence-corrected chi connectivity index (χ3v) is 3.47. The van der Waals surface area contributed by atoms with E-state index in [-0.39, 0.29) is 0 Å². The third kappa shape index (κ3) is 1.84. The Bertz CT molecular complexity index is 634. The molecule has 0 unspecified atom stereocenters. The summed E-state index contributed by atoms with van der Waals surface area (Å²) in [6.45, 7) is 7.96. The maximum absolute atomic E-state index is 4.55. The highest BCUT2D eigenvalue weighted by atomic mass is 15.6. The Hall–Kier alpha value is -2.37. The van der Waals surface area contributed by atoms with Crippen molar-refractivity contribution in [3.63, 3.8) is 0 Å². The van der Waals surface area contributed by atoms with Crippen LogP contribution in [-0.4, -0.2) is 29.3 Å². The lowest BCUT2D eigenvalue weighted by molar-refractivity contribution is 0.140. The van der Waals surface area contributed by atoms with Crippen LogP contribution in [0.2, 0.25) is 0 Å². The van der Waals surface area contributed by atoms with Gasteiger partial charge in [-0.3, -0.25) is 0 Å². The molecule has 0 atom stereocenters. The number of aromatic nitrogens is 6. The first-order chi connectivity index (χ1) is 9.50. The summed E-state index contributed by atoms with van der Waals surface area (Å²) < 4.78 is 5.63. The second-order valence-electron chi connectivity index (χ2n) is 5.18. The van der Waals surface area contributed by atoms with Gasteiger partial charge in [0.25, 0.3) is 0 Å². The van der Waals surface area contributed by atoms with Gasteiger partial charge in [-0.05, 0) is 39.0 Å². The molecular formula is C14H18N6. The molecule has 0 aliphatic carbocycles. The fourth-order valence-corrected chi connectivity index (χ4v) is 2.27. The molecule has 0 aliphatic rings. The Labute approximate surface area is 117 Å². The van der Waals surface area contributed by atoms with Crippen LogP contribution in [0, 0.1) is 20.8 Å². The fraction of sp³-hybridized carbons (Fsp3) is 0.357. The molecular weight excluding hydrogens is 252 g/mol. The van der Waals surface area contributed by atoms with Gasteiger partial charge in [0.15, 0.2) is 0 Å². The van der Waals surface area contributed by atoms with Crippen molar-refractivity contribution in [3.8, 4) is 0 Å². The maximum atomic E-state index is 4.55. The second kappa shape index (κ2) is 4.33. The summed E-state index contributed by atoms with van der Waals surface area (Å²) in [5.41, 5.74) is 2.89. The Morgan fingerprint density at radius 1 is 0.700 bits per heavy atom. The van der Waals surface area contributed by atoms with Crippen molar-refractivity contribution in [3.05, 3.63) is 53.9 Å². The summed E-state index contributed by atoms with van der Waals surface area (Å²) in [7, 11) is 0. The molecule has 3 aromatic rings. The van der Waals surface area contributed by atoms with Crippen molar-refractivity contribution in [2.45, 2.75) is 33.5 Å². The summed E-state index contributed by atoms with van der Waals surface area (Å²) in [5.74, 6) is -0.642. The van der Waals surface area contributed by atoms with Crippen molar-refractivity contribution in [2.24, 2.45) is 0 Å². The lowest BCUT2D eigenvalue weighted by atomic mass is 10.4. The standard InChI is InChI=1S/C14H18N6/c1-11-5-8-18(15-11)14(4,19-9-6-12(2)16-19)20-10-7-13(3)17-20/h5-10H,1-4H3. The molecule has 3 aromatic heterocycles. The predicted octanol–water partition coefficient (Wildman–Crippen LogP) is 1.93. The van der Waals surface area contributed by atoms with Gasteiger partial charge in [-0.25, -0.2) is 14.0 Å². The van der Waals surface area contributed by atoms with Crippen molar-refractivity contribution in [1.29, 1.82) is 0 Å². The lowest BCUT2D eigenvalue weighted by Gasteiger charge is -2.31. The van der Waals surface area contributed by atoms with Crippen LogP contribution in [0.1, 0.15) is 24.0 Å². The number of hydrogen-bond donors (Lipinski definition) is 0. The summed E-state index contributed by atoms with van der Waals surface area (Å²) in [5, 5.41) is 13.6. The van der Waals surface area contributed by atoms with Crippen molar-refractivity contribution in [2.75, 3.05) is 0 Å². The van der Waals surface area contributed by atoms with E-state index < -0.39 is 5.79 Å². The van der Waals surface area contributed by atoms with Gasteiger partial charge >= 0.3 is 0 Å². The van der Waals surface area contributed by atoms with E-state index in [4.69, 9.17) is 0 Å². The van der Waals surface area contributed by atoms with Crippen molar-refractivity contribution in [1.82, 2.24) is 29.3 Å². The first-order valence-electron chi connectivity index (χ1n) is 6.58. The number of rotatable bonds is 3. The summed E-state index contributed by atoms with van der Waals surface area (Å²) >= 11 is 0. The van der Waals surface area contributed by atoms with Crippen LogP contribution < -0.4 is 0 Å². The molecule has 0 saturated carbocycles. The van der Waals surface area contributed by atoms with Gasteiger partial charge in [-0.15, -0.1) is 0 Å². The third-order valence-electron chi connectivity index (χ3n) is 3.47. The van der Waals surface area contributed by atoms with E-state index in [1.807, 2.05) is 78.5 Å². The molecule has 0 saturated heterocycles. The van der Waals surface area contributed by atoms with E-state index in [1.54, 1.807) is 0 Å².